The first-order chi connectivity index (χ1) is 8.97. The third-order valence-corrected chi connectivity index (χ3v) is 2.81. The number of hydrogen-bond donors (Lipinski definition) is 1. The van der Waals surface area contributed by atoms with Gasteiger partial charge in [-0.3, -0.25) is 0 Å². The van der Waals surface area contributed by atoms with Crippen molar-refractivity contribution < 1.29 is 4.39 Å². The van der Waals surface area contributed by atoms with Gasteiger partial charge in [-0.15, -0.1) is 0 Å². The van der Waals surface area contributed by atoms with Gasteiger partial charge < -0.3 is 5.32 Å². The maximum absolute atomic E-state index is 13.4. The first-order valence-corrected chi connectivity index (χ1v) is 6.60. The molecule has 3 nitrogen and oxygen atoms in total. The van der Waals surface area contributed by atoms with E-state index in [9.17, 15) is 4.39 Å². The Morgan fingerprint density at radius 1 is 1.16 bits per heavy atom. The number of nitrogens with zero attached hydrogens (tertiary/aromatic N) is 2. The van der Waals surface area contributed by atoms with Gasteiger partial charge >= 0.3 is 0 Å². The molecule has 0 amide bonds. The van der Waals surface area contributed by atoms with E-state index in [1.165, 1.54) is 12.1 Å². The molecule has 0 atom stereocenters. The van der Waals surface area contributed by atoms with Crippen LogP contribution in [0.3, 0.4) is 0 Å². The Kier molecular flexibility index (Phi) is 3.88. The molecule has 2 aromatic rings. The summed E-state index contributed by atoms with van der Waals surface area (Å²) in [5.74, 6) is 0.974. The van der Waals surface area contributed by atoms with Crippen molar-refractivity contribution in [1.29, 1.82) is 0 Å². The second kappa shape index (κ2) is 5.43. The van der Waals surface area contributed by atoms with E-state index >= 15 is 0 Å². The molecule has 0 aliphatic carbocycles. The van der Waals surface area contributed by atoms with Crippen LogP contribution in [-0.4, -0.2) is 15.8 Å². The first kappa shape index (κ1) is 13.6. The summed E-state index contributed by atoms with van der Waals surface area (Å²) in [5.41, 5.74) is 1.72. The lowest BCUT2D eigenvalue weighted by Crippen LogP contribution is -2.13. The highest BCUT2D eigenvalue weighted by molar-refractivity contribution is 5.47. The highest BCUT2D eigenvalue weighted by Gasteiger charge is 2.13. The van der Waals surface area contributed by atoms with Crippen molar-refractivity contribution in [2.24, 2.45) is 0 Å². The molecule has 102 valence electrons. The van der Waals surface area contributed by atoms with Crippen molar-refractivity contribution in [3.8, 4) is 5.69 Å². The molecule has 0 aliphatic rings. The SMILES string of the molecule is CC(C)Nc1cc(C(C)C)nn1-c1cccc(F)c1. The van der Waals surface area contributed by atoms with Crippen molar-refractivity contribution in [3.05, 3.63) is 41.8 Å². The second-order valence-electron chi connectivity index (χ2n) is 5.30. The molecule has 1 N–H and O–H groups in total. The molecule has 0 fully saturated rings. The average Bonchev–Trinajstić information content (AvgIpc) is 2.72. The summed E-state index contributed by atoms with van der Waals surface area (Å²) in [6, 6.07) is 8.79. The highest BCUT2D eigenvalue weighted by atomic mass is 19.1. The van der Waals surface area contributed by atoms with Gasteiger partial charge in [0.25, 0.3) is 0 Å². The highest BCUT2D eigenvalue weighted by Crippen LogP contribution is 2.22. The van der Waals surface area contributed by atoms with E-state index in [2.05, 4.69) is 38.1 Å². The third kappa shape index (κ3) is 3.13. The Bertz CT molecular complexity index is 558. The maximum Gasteiger partial charge on any atom is 0.130 e. The standard InChI is InChI=1S/C15H20FN3/c1-10(2)14-9-15(17-11(3)4)19(18-14)13-7-5-6-12(16)8-13/h5-11,17H,1-4H3. The van der Waals surface area contributed by atoms with Crippen LogP contribution in [0.5, 0.6) is 0 Å². The fraction of sp³-hybridized carbons (Fsp3) is 0.400. The number of halogens is 1. The molecule has 1 aromatic carbocycles. The van der Waals surface area contributed by atoms with Crippen LogP contribution in [-0.2, 0) is 0 Å². The van der Waals surface area contributed by atoms with Gasteiger partial charge in [0.1, 0.15) is 11.6 Å². The number of benzene rings is 1. The van der Waals surface area contributed by atoms with Gasteiger partial charge in [0.15, 0.2) is 0 Å². The summed E-state index contributed by atoms with van der Waals surface area (Å²) in [5, 5.41) is 7.91. The van der Waals surface area contributed by atoms with E-state index in [1.807, 2.05) is 12.1 Å². The van der Waals surface area contributed by atoms with Crippen molar-refractivity contribution in [2.75, 3.05) is 5.32 Å². The van der Waals surface area contributed by atoms with Gasteiger partial charge in [0.05, 0.1) is 11.4 Å². The van der Waals surface area contributed by atoms with E-state index in [0.717, 1.165) is 17.2 Å². The maximum atomic E-state index is 13.4. The van der Waals surface area contributed by atoms with Crippen molar-refractivity contribution >= 4 is 5.82 Å². The van der Waals surface area contributed by atoms with E-state index in [4.69, 9.17) is 0 Å². The minimum atomic E-state index is -0.255. The number of anilines is 1. The molecule has 4 heteroatoms. The van der Waals surface area contributed by atoms with Crippen LogP contribution in [0.1, 0.15) is 39.3 Å². The fourth-order valence-corrected chi connectivity index (χ4v) is 1.88. The Hall–Kier alpha value is -1.84. The minimum absolute atomic E-state index is 0.255. The molecule has 0 saturated carbocycles. The lowest BCUT2D eigenvalue weighted by molar-refractivity contribution is 0.625. The van der Waals surface area contributed by atoms with Gasteiger partial charge in [-0.2, -0.15) is 5.10 Å². The Balaban J connectivity index is 2.47. The predicted octanol–water partition coefficient (Wildman–Crippen LogP) is 3.96. The molecule has 1 aromatic heterocycles. The Morgan fingerprint density at radius 3 is 2.47 bits per heavy atom. The van der Waals surface area contributed by atoms with Crippen molar-refractivity contribution in [3.63, 3.8) is 0 Å². The molecule has 0 spiro atoms. The van der Waals surface area contributed by atoms with Crippen molar-refractivity contribution in [1.82, 2.24) is 9.78 Å². The average molecular weight is 261 g/mol. The molecular weight excluding hydrogens is 241 g/mol. The summed E-state index contributed by atoms with van der Waals surface area (Å²) in [7, 11) is 0. The smallest absolute Gasteiger partial charge is 0.130 e. The van der Waals surface area contributed by atoms with Crippen molar-refractivity contribution in [2.45, 2.75) is 39.7 Å². The summed E-state index contributed by atoms with van der Waals surface area (Å²) >= 11 is 0. The van der Waals surface area contributed by atoms with Gasteiger partial charge in [-0.1, -0.05) is 19.9 Å². The van der Waals surface area contributed by atoms with Crippen LogP contribution in [0, 0.1) is 5.82 Å². The predicted molar refractivity (Wildman–Crippen MR) is 76.4 cm³/mol. The topological polar surface area (TPSA) is 29.9 Å². The molecule has 0 aliphatic heterocycles. The van der Waals surface area contributed by atoms with E-state index in [1.54, 1.807) is 10.7 Å². The number of aromatic nitrogens is 2. The molecule has 0 radical (unpaired) electrons. The number of hydrogen-bond acceptors (Lipinski definition) is 2. The monoisotopic (exact) mass is 261 g/mol. The summed E-state index contributed by atoms with van der Waals surface area (Å²) in [6.45, 7) is 8.32. The largest absolute Gasteiger partial charge is 0.368 e. The quantitative estimate of drug-likeness (QED) is 0.903. The van der Waals surface area contributed by atoms with Gasteiger partial charge in [0, 0.05) is 12.1 Å². The second-order valence-corrected chi connectivity index (χ2v) is 5.30. The van der Waals surface area contributed by atoms with E-state index in [-0.39, 0.29) is 5.82 Å². The first-order valence-electron chi connectivity index (χ1n) is 6.60. The zero-order chi connectivity index (χ0) is 14.0. The molecule has 1 heterocycles. The number of nitrogens with one attached hydrogen (secondary N) is 1. The van der Waals surface area contributed by atoms with Crippen LogP contribution in [0.2, 0.25) is 0 Å². The molecule has 2 rings (SSSR count). The molecule has 0 saturated heterocycles. The van der Waals surface area contributed by atoms with E-state index < -0.39 is 0 Å². The molecule has 0 unspecified atom stereocenters. The molecular formula is C15H20FN3. The minimum Gasteiger partial charge on any atom is -0.368 e. The van der Waals surface area contributed by atoms with Gasteiger partial charge in [-0.05, 0) is 38.0 Å². The lowest BCUT2D eigenvalue weighted by atomic mass is 10.1. The Labute approximate surface area is 113 Å². The van der Waals surface area contributed by atoms with Crippen LogP contribution >= 0.6 is 0 Å². The van der Waals surface area contributed by atoms with Gasteiger partial charge in [-0.25, -0.2) is 9.07 Å². The summed E-state index contributed by atoms with van der Waals surface area (Å²) < 4.78 is 15.1. The van der Waals surface area contributed by atoms with Crippen LogP contribution in [0.15, 0.2) is 30.3 Å². The number of rotatable bonds is 4. The summed E-state index contributed by atoms with van der Waals surface area (Å²) in [4.78, 5) is 0. The summed E-state index contributed by atoms with van der Waals surface area (Å²) in [6.07, 6.45) is 0. The lowest BCUT2D eigenvalue weighted by Gasteiger charge is -2.12. The van der Waals surface area contributed by atoms with Gasteiger partial charge in [0.2, 0.25) is 0 Å². The fourth-order valence-electron chi connectivity index (χ4n) is 1.88. The molecule has 19 heavy (non-hydrogen) atoms. The normalized spacial score (nSPS) is 11.3. The Morgan fingerprint density at radius 2 is 1.89 bits per heavy atom. The molecule has 0 bridgehead atoms. The van der Waals surface area contributed by atoms with Crippen LogP contribution in [0.25, 0.3) is 5.69 Å². The zero-order valence-electron chi connectivity index (χ0n) is 11.8. The zero-order valence-corrected chi connectivity index (χ0v) is 11.8. The van der Waals surface area contributed by atoms with Crippen LogP contribution < -0.4 is 5.32 Å². The van der Waals surface area contributed by atoms with E-state index in [0.29, 0.717) is 12.0 Å². The van der Waals surface area contributed by atoms with Crippen LogP contribution in [0.4, 0.5) is 10.2 Å². The third-order valence-electron chi connectivity index (χ3n) is 2.81.